The smallest absolute Gasteiger partial charge is 0.200 e. The van der Waals surface area contributed by atoms with Crippen molar-refractivity contribution in [3.63, 3.8) is 0 Å². The molecule has 2 nitrogen and oxygen atoms in total. The summed E-state index contributed by atoms with van der Waals surface area (Å²) in [6.45, 7) is 11.0. The molecule has 2 aliphatic carbocycles. The highest BCUT2D eigenvalue weighted by atomic mass is 28.3. The molecule has 0 saturated heterocycles. The van der Waals surface area contributed by atoms with Gasteiger partial charge in [0, 0.05) is 34.2 Å². The van der Waals surface area contributed by atoms with Gasteiger partial charge in [0.15, 0.2) is 23.3 Å². The van der Waals surface area contributed by atoms with Crippen LogP contribution in [0, 0.1) is 36.0 Å². The number of fused-ring (bicyclic) bond motifs is 5. The molecule has 0 radical (unpaired) electrons. The standard InChI is InChI=1S/C39H42F5NOSi/c1-24-18-19-30-28(22-24)31-37(45(30)23-29-32(40)34(42)36(44)35(43)33(29)41)26-16-10-11-17-27(26)38(31)47(5,25-14-8-9-15-25)21-13-7-6-12-20-46-39(2,3)4/h8-11,14-19,22,25,38H,6-7,12-13,20-21,23H2,1-5H3. The molecule has 2 atom stereocenters. The first-order chi connectivity index (χ1) is 22.3. The van der Waals surface area contributed by atoms with Gasteiger partial charge in [-0.1, -0.05) is 92.1 Å². The van der Waals surface area contributed by atoms with Gasteiger partial charge in [-0.25, -0.2) is 22.0 Å². The summed E-state index contributed by atoms with van der Waals surface area (Å²) in [4.78, 5) is 0. The van der Waals surface area contributed by atoms with Crippen LogP contribution in [0.5, 0.6) is 0 Å². The normalized spacial score (nSPS) is 17.1. The van der Waals surface area contributed by atoms with E-state index >= 15 is 8.78 Å². The minimum absolute atomic E-state index is 0.0669. The van der Waals surface area contributed by atoms with Crippen LogP contribution in [-0.4, -0.2) is 24.8 Å². The predicted octanol–water partition coefficient (Wildman–Crippen LogP) is 11.3. The zero-order valence-electron chi connectivity index (χ0n) is 27.7. The van der Waals surface area contributed by atoms with E-state index in [-0.39, 0.29) is 16.7 Å². The summed E-state index contributed by atoms with van der Waals surface area (Å²) >= 11 is 0. The minimum atomic E-state index is -2.28. The maximum absolute atomic E-state index is 15.1. The molecule has 0 amide bonds. The van der Waals surface area contributed by atoms with E-state index in [1.165, 1.54) is 5.56 Å². The summed E-state index contributed by atoms with van der Waals surface area (Å²) in [5, 5.41) is 0.967. The molecular formula is C39H42F5NOSi. The molecule has 47 heavy (non-hydrogen) atoms. The van der Waals surface area contributed by atoms with Gasteiger partial charge in [0.1, 0.15) is 0 Å². The molecule has 0 bridgehead atoms. The average Bonchev–Trinajstić information content (AvgIpc) is 3.76. The summed E-state index contributed by atoms with van der Waals surface area (Å²) in [5.41, 5.74) is 5.17. The largest absolute Gasteiger partial charge is 0.376 e. The van der Waals surface area contributed by atoms with Gasteiger partial charge < -0.3 is 9.30 Å². The van der Waals surface area contributed by atoms with Crippen molar-refractivity contribution in [1.82, 2.24) is 4.57 Å². The Labute approximate surface area is 275 Å². The van der Waals surface area contributed by atoms with Crippen LogP contribution in [0.2, 0.25) is 18.1 Å². The third-order valence-electron chi connectivity index (χ3n) is 10.0. The van der Waals surface area contributed by atoms with Gasteiger partial charge in [-0.3, -0.25) is 0 Å². The first-order valence-electron chi connectivity index (χ1n) is 16.5. The number of allylic oxidation sites excluding steroid dienone is 4. The second-order valence-corrected chi connectivity index (χ2v) is 19.1. The van der Waals surface area contributed by atoms with E-state index < -0.39 is 49.3 Å². The summed E-state index contributed by atoms with van der Waals surface area (Å²) in [6.07, 6.45) is 13.1. The van der Waals surface area contributed by atoms with Gasteiger partial charge in [-0.15, -0.1) is 0 Å². The Kier molecular flexibility index (Phi) is 9.13. The van der Waals surface area contributed by atoms with Crippen LogP contribution in [0.1, 0.15) is 74.2 Å². The van der Waals surface area contributed by atoms with Crippen LogP contribution in [0.15, 0.2) is 66.8 Å². The number of benzene rings is 3. The zero-order chi connectivity index (χ0) is 33.7. The van der Waals surface area contributed by atoms with Gasteiger partial charge >= 0.3 is 0 Å². The topological polar surface area (TPSA) is 14.2 Å². The molecule has 8 heteroatoms. The number of aromatic nitrogens is 1. The number of hydrogen-bond acceptors (Lipinski definition) is 1. The molecule has 3 aromatic carbocycles. The number of unbranched alkanes of at least 4 members (excludes halogenated alkanes) is 3. The Balaban J connectivity index is 1.46. The lowest BCUT2D eigenvalue weighted by Gasteiger charge is -2.39. The van der Waals surface area contributed by atoms with Gasteiger partial charge in [-0.2, -0.15) is 0 Å². The number of aryl methyl sites for hydroxylation is 1. The molecule has 6 rings (SSSR count). The van der Waals surface area contributed by atoms with Crippen LogP contribution >= 0.6 is 0 Å². The van der Waals surface area contributed by atoms with E-state index in [9.17, 15) is 13.2 Å². The maximum atomic E-state index is 15.1. The molecule has 4 aromatic rings. The molecule has 248 valence electrons. The maximum Gasteiger partial charge on any atom is 0.200 e. The summed E-state index contributed by atoms with van der Waals surface area (Å²) < 4.78 is 80.7. The predicted molar refractivity (Wildman–Crippen MR) is 182 cm³/mol. The fourth-order valence-corrected chi connectivity index (χ4v) is 12.7. The molecule has 0 spiro atoms. The van der Waals surface area contributed by atoms with Crippen molar-refractivity contribution in [3.05, 3.63) is 118 Å². The van der Waals surface area contributed by atoms with E-state index in [1.807, 2.05) is 37.3 Å². The quantitative estimate of drug-likeness (QED) is 0.0512. The van der Waals surface area contributed by atoms with Crippen molar-refractivity contribution in [1.29, 1.82) is 0 Å². The highest BCUT2D eigenvalue weighted by Gasteiger charge is 2.49. The summed E-state index contributed by atoms with van der Waals surface area (Å²) in [5.74, 6) is -9.58. The van der Waals surface area contributed by atoms with Gasteiger partial charge in [0.05, 0.1) is 25.9 Å². The number of ether oxygens (including phenoxy) is 1. The van der Waals surface area contributed by atoms with E-state index in [4.69, 9.17) is 4.74 Å². The van der Waals surface area contributed by atoms with E-state index in [0.717, 1.165) is 71.6 Å². The zero-order valence-corrected chi connectivity index (χ0v) is 28.7. The molecule has 0 saturated carbocycles. The monoisotopic (exact) mass is 663 g/mol. The molecular weight excluding hydrogens is 622 g/mol. The van der Waals surface area contributed by atoms with Crippen molar-refractivity contribution >= 4 is 19.0 Å². The molecule has 1 aromatic heterocycles. The van der Waals surface area contributed by atoms with Crippen LogP contribution in [0.25, 0.3) is 22.2 Å². The van der Waals surface area contributed by atoms with Gasteiger partial charge in [0.25, 0.3) is 0 Å². The first-order valence-corrected chi connectivity index (χ1v) is 19.4. The van der Waals surface area contributed by atoms with Crippen molar-refractivity contribution < 1.29 is 26.7 Å². The SMILES string of the molecule is Cc1ccc2c(c1)c1c(n2Cc2c(F)c(F)c(F)c(F)c2F)-c2ccccc2C1[Si](C)(CCCCCCOC(C)(C)C)C1C=CC=C1. The third kappa shape index (κ3) is 6.03. The Bertz CT molecular complexity index is 1850. The van der Waals surface area contributed by atoms with Crippen molar-refractivity contribution in [2.24, 2.45) is 0 Å². The lowest BCUT2D eigenvalue weighted by Crippen LogP contribution is -2.42. The van der Waals surface area contributed by atoms with Crippen molar-refractivity contribution in [2.45, 2.75) is 89.2 Å². The first kappa shape index (κ1) is 33.4. The van der Waals surface area contributed by atoms with E-state index in [2.05, 4.69) is 63.8 Å². The van der Waals surface area contributed by atoms with Crippen molar-refractivity contribution in [2.75, 3.05) is 6.61 Å². The van der Waals surface area contributed by atoms with Crippen LogP contribution in [0.3, 0.4) is 0 Å². The molecule has 0 fully saturated rings. The highest BCUT2D eigenvalue weighted by molar-refractivity contribution is 6.83. The number of halogens is 5. The summed E-state index contributed by atoms with van der Waals surface area (Å²) in [7, 11) is -2.28. The number of hydrogen-bond donors (Lipinski definition) is 0. The van der Waals surface area contributed by atoms with Crippen LogP contribution < -0.4 is 0 Å². The highest BCUT2D eigenvalue weighted by Crippen LogP contribution is 2.57. The molecule has 2 aliphatic rings. The number of rotatable bonds is 11. The van der Waals surface area contributed by atoms with Crippen LogP contribution in [-0.2, 0) is 11.3 Å². The number of nitrogens with zero attached hydrogens (tertiary/aromatic N) is 1. The van der Waals surface area contributed by atoms with E-state index in [0.29, 0.717) is 0 Å². The minimum Gasteiger partial charge on any atom is -0.376 e. The van der Waals surface area contributed by atoms with Gasteiger partial charge in [0.2, 0.25) is 5.82 Å². The van der Waals surface area contributed by atoms with Gasteiger partial charge in [-0.05, 0) is 62.9 Å². The lowest BCUT2D eigenvalue weighted by atomic mass is 10.1. The Morgan fingerprint density at radius 1 is 0.809 bits per heavy atom. The average molecular weight is 664 g/mol. The Morgan fingerprint density at radius 2 is 1.45 bits per heavy atom. The molecule has 1 heterocycles. The third-order valence-corrected chi connectivity index (χ3v) is 15.3. The molecule has 0 aliphatic heterocycles. The Morgan fingerprint density at radius 3 is 2.13 bits per heavy atom. The van der Waals surface area contributed by atoms with E-state index in [1.54, 1.807) is 4.57 Å². The molecule has 2 unspecified atom stereocenters. The lowest BCUT2D eigenvalue weighted by molar-refractivity contribution is -0.00471. The fourth-order valence-electron chi connectivity index (χ4n) is 7.71. The second-order valence-electron chi connectivity index (χ2n) is 14.4. The summed E-state index contributed by atoms with van der Waals surface area (Å²) in [6, 6.07) is 15.2. The second kappa shape index (κ2) is 12.8. The molecule has 0 N–H and O–H groups in total. The fraction of sp³-hybridized carbons (Fsp3) is 0.385. The Hall–Kier alpha value is -3.49. The van der Waals surface area contributed by atoms with Crippen LogP contribution in [0.4, 0.5) is 22.0 Å². The van der Waals surface area contributed by atoms with Crippen molar-refractivity contribution in [3.8, 4) is 11.3 Å².